The van der Waals surface area contributed by atoms with E-state index in [1.165, 1.54) is 0 Å². The lowest BCUT2D eigenvalue weighted by Gasteiger charge is -2.38. The third-order valence-electron chi connectivity index (χ3n) is 8.71. The SMILES string of the molecule is CC1(C)[C@@]2(C)CC[C@]1(C(=O)O[C@]1(C#N)C[C@H]3O[C@@H]1[C@@H]1OC(c4ccccc4)=N[C@@H]13)OC2=O. The molecule has 0 unspecified atom stereocenters. The maximum absolute atomic E-state index is 13.5. The van der Waals surface area contributed by atoms with E-state index in [9.17, 15) is 14.9 Å². The highest BCUT2D eigenvalue weighted by atomic mass is 16.6. The number of benzene rings is 1. The van der Waals surface area contributed by atoms with E-state index in [4.69, 9.17) is 18.9 Å². The van der Waals surface area contributed by atoms with Gasteiger partial charge in [0.25, 0.3) is 0 Å². The monoisotopic (exact) mass is 436 g/mol. The first-order valence-corrected chi connectivity index (χ1v) is 11.0. The minimum atomic E-state index is -1.51. The van der Waals surface area contributed by atoms with Crippen molar-refractivity contribution in [1.82, 2.24) is 0 Å². The quantitative estimate of drug-likeness (QED) is 0.669. The molecular formula is C24H24N2O6. The minimum absolute atomic E-state index is 0.206. The van der Waals surface area contributed by atoms with Gasteiger partial charge in [-0.05, 0) is 31.9 Å². The Kier molecular flexibility index (Phi) is 3.64. The molecule has 0 spiro atoms. The molecule has 32 heavy (non-hydrogen) atoms. The number of nitrogens with zero attached hydrogens (tertiary/aromatic N) is 2. The van der Waals surface area contributed by atoms with Gasteiger partial charge in [0.1, 0.15) is 12.1 Å². The lowest BCUT2D eigenvalue weighted by atomic mass is 9.66. The van der Waals surface area contributed by atoms with Gasteiger partial charge in [-0.1, -0.05) is 32.0 Å². The highest BCUT2D eigenvalue weighted by Gasteiger charge is 2.78. The van der Waals surface area contributed by atoms with E-state index in [1.54, 1.807) is 0 Å². The average Bonchev–Trinajstić information content (AvgIpc) is 3.52. The molecule has 3 saturated heterocycles. The summed E-state index contributed by atoms with van der Waals surface area (Å²) < 4.78 is 23.7. The van der Waals surface area contributed by atoms with Gasteiger partial charge in [-0.25, -0.2) is 9.79 Å². The number of aliphatic imine (C=N–C) groups is 1. The van der Waals surface area contributed by atoms with Gasteiger partial charge < -0.3 is 18.9 Å². The second kappa shape index (κ2) is 5.90. The van der Waals surface area contributed by atoms with Gasteiger partial charge in [0.05, 0.1) is 11.5 Å². The van der Waals surface area contributed by atoms with Gasteiger partial charge >= 0.3 is 11.9 Å². The summed E-state index contributed by atoms with van der Waals surface area (Å²) in [5, 5.41) is 10.1. The minimum Gasteiger partial charge on any atom is -0.469 e. The number of hydrogen-bond acceptors (Lipinski definition) is 8. The van der Waals surface area contributed by atoms with E-state index in [0.29, 0.717) is 18.7 Å². The summed E-state index contributed by atoms with van der Waals surface area (Å²) in [6.07, 6.45) is -0.538. The first-order chi connectivity index (χ1) is 15.2. The molecule has 8 nitrogen and oxygen atoms in total. The van der Waals surface area contributed by atoms with Crippen LogP contribution in [0.2, 0.25) is 0 Å². The number of esters is 2. The zero-order chi connectivity index (χ0) is 22.5. The van der Waals surface area contributed by atoms with Gasteiger partial charge in [-0.3, -0.25) is 4.79 Å². The van der Waals surface area contributed by atoms with Crippen LogP contribution in [0.25, 0.3) is 0 Å². The summed E-state index contributed by atoms with van der Waals surface area (Å²) in [7, 11) is 0. The Labute approximate surface area is 185 Å². The topological polar surface area (TPSA) is 107 Å². The van der Waals surface area contributed by atoms with E-state index in [-0.39, 0.29) is 24.5 Å². The first-order valence-electron chi connectivity index (χ1n) is 11.0. The van der Waals surface area contributed by atoms with Crippen LogP contribution >= 0.6 is 0 Å². The van der Waals surface area contributed by atoms with E-state index in [0.717, 1.165) is 5.56 Å². The fourth-order valence-corrected chi connectivity index (χ4v) is 6.18. The first kappa shape index (κ1) is 19.7. The molecule has 0 radical (unpaired) electrons. The predicted molar refractivity (Wildman–Crippen MR) is 109 cm³/mol. The summed E-state index contributed by atoms with van der Waals surface area (Å²) in [6, 6.07) is 11.5. The lowest BCUT2D eigenvalue weighted by molar-refractivity contribution is -0.196. The predicted octanol–water partition coefficient (Wildman–Crippen LogP) is 2.30. The molecule has 0 aromatic heterocycles. The largest absolute Gasteiger partial charge is 0.469 e. The van der Waals surface area contributed by atoms with E-state index in [1.807, 2.05) is 51.1 Å². The Morgan fingerprint density at radius 3 is 2.59 bits per heavy atom. The fourth-order valence-electron chi connectivity index (χ4n) is 6.18. The summed E-state index contributed by atoms with van der Waals surface area (Å²) in [4.78, 5) is 30.8. The fraction of sp³-hybridized carbons (Fsp3) is 0.583. The van der Waals surface area contributed by atoms with Crippen molar-refractivity contribution < 1.29 is 28.5 Å². The third-order valence-corrected chi connectivity index (χ3v) is 8.71. The number of carbonyl (C=O) groups is 2. The molecule has 5 aliphatic rings. The summed E-state index contributed by atoms with van der Waals surface area (Å²) in [5.74, 6) is -0.551. The number of fused-ring (bicyclic) bond motifs is 7. The molecule has 4 aliphatic heterocycles. The number of hydrogen-bond donors (Lipinski definition) is 0. The van der Waals surface area contributed by atoms with Crippen molar-refractivity contribution in [1.29, 1.82) is 5.26 Å². The molecule has 0 amide bonds. The molecule has 0 N–H and O–H groups in total. The molecule has 1 aliphatic carbocycles. The van der Waals surface area contributed by atoms with E-state index >= 15 is 0 Å². The molecule has 1 aromatic carbocycles. The van der Waals surface area contributed by atoms with Crippen molar-refractivity contribution in [2.45, 2.75) is 75.6 Å². The van der Waals surface area contributed by atoms with Gasteiger partial charge in [-0.2, -0.15) is 5.26 Å². The van der Waals surface area contributed by atoms with Crippen LogP contribution in [0, 0.1) is 22.2 Å². The van der Waals surface area contributed by atoms with Gasteiger partial charge in [0.15, 0.2) is 12.2 Å². The van der Waals surface area contributed by atoms with Crippen LogP contribution in [-0.2, 0) is 28.5 Å². The Balaban J connectivity index is 1.27. The van der Waals surface area contributed by atoms with Crippen molar-refractivity contribution in [2.24, 2.45) is 15.8 Å². The van der Waals surface area contributed by atoms with Crippen LogP contribution < -0.4 is 0 Å². The van der Waals surface area contributed by atoms with Crippen molar-refractivity contribution >= 4 is 17.8 Å². The number of nitriles is 1. The number of rotatable bonds is 3. The maximum atomic E-state index is 13.5. The normalized spacial score (nSPS) is 44.4. The van der Waals surface area contributed by atoms with Crippen molar-refractivity contribution in [3.63, 3.8) is 0 Å². The number of carbonyl (C=O) groups excluding carboxylic acids is 2. The number of ether oxygens (including phenoxy) is 4. The van der Waals surface area contributed by atoms with Gasteiger partial charge in [-0.15, -0.1) is 0 Å². The Morgan fingerprint density at radius 1 is 1.22 bits per heavy atom. The average molecular weight is 436 g/mol. The zero-order valence-corrected chi connectivity index (χ0v) is 18.2. The Morgan fingerprint density at radius 2 is 1.97 bits per heavy atom. The molecule has 4 bridgehead atoms. The summed E-state index contributed by atoms with van der Waals surface area (Å²) >= 11 is 0. The van der Waals surface area contributed by atoms with Crippen LogP contribution in [0.15, 0.2) is 35.3 Å². The van der Waals surface area contributed by atoms with Gasteiger partial charge in [0, 0.05) is 17.4 Å². The maximum Gasteiger partial charge on any atom is 0.352 e. The molecular weight excluding hydrogens is 412 g/mol. The third kappa shape index (κ3) is 2.08. The second-order valence-electron chi connectivity index (χ2n) is 10.2. The Hall–Kier alpha value is -2.92. The molecule has 7 atom stereocenters. The van der Waals surface area contributed by atoms with Crippen molar-refractivity contribution in [3.8, 4) is 6.07 Å². The molecule has 4 fully saturated rings. The molecule has 1 aromatic rings. The van der Waals surface area contributed by atoms with Crippen LogP contribution in [0.4, 0.5) is 0 Å². The smallest absolute Gasteiger partial charge is 0.352 e. The van der Waals surface area contributed by atoms with Gasteiger partial charge in [0.2, 0.25) is 17.1 Å². The molecule has 4 heterocycles. The highest BCUT2D eigenvalue weighted by molar-refractivity contribution is 5.96. The molecule has 166 valence electrons. The zero-order valence-electron chi connectivity index (χ0n) is 18.2. The van der Waals surface area contributed by atoms with Crippen LogP contribution in [0.5, 0.6) is 0 Å². The molecule has 6 rings (SSSR count). The summed E-state index contributed by atoms with van der Waals surface area (Å²) in [5.41, 5.74) is -3.56. The standard InChI is InChI=1S/C24H24N2O6/c1-21(2)22(3)9-10-24(21,32-19(22)27)20(28)31-23(12-25)11-14-15-16(17(23)29-14)30-18(26-15)13-7-5-4-6-8-13/h4-8,14-17H,9-11H2,1-3H3/t14-,15-,16-,17-,22+,23+,24-/m1/s1. The van der Waals surface area contributed by atoms with Crippen LogP contribution in [-0.4, -0.2) is 53.4 Å². The highest BCUT2D eigenvalue weighted by Crippen LogP contribution is 2.66. The van der Waals surface area contributed by atoms with Crippen molar-refractivity contribution in [2.75, 3.05) is 0 Å². The summed E-state index contributed by atoms with van der Waals surface area (Å²) in [6.45, 7) is 5.55. The molecule has 1 saturated carbocycles. The van der Waals surface area contributed by atoms with Crippen LogP contribution in [0.3, 0.4) is 0 Å². The Bertz CT molecular complexity index is 1110. The van der Waals surface area contributed by atoms with E-state index < -0.39 is 40.2 Å². The van der Waals surface area contributed by atoms with Crippen LogP contribution in [0.1, 0.15) is 45.6 Å². The lowest BCUT2D eigenvalue weighted by Crippen LogP contribution is -2.57. The second-order valence-corrected chi connectivity index (χ2v) is 10.2. The van der Waals surface area contributed by atoms with Crippen molar-refractivity contribution in [3.05, 3.63) is 35.9 Å². The molecule has 8 heteroatoms. The van der Waals surface area contributed by atoms with E-state index in [2.05, 4.69) is 11.1 Å².